The molecule has 0 aliphatic rings. The van der Waals surface area contributed by atoms with Crippen LogP contribution < -0.4 is 5.73 Å². The smallest absolute Gasteiger partial charge is 0.0683 e. The molecule has 3 heteroatoms. The van der Waals surface area contributed by atoms with Crippen molar-refractivity contribution in [1.29, 1.82) is 5.26 Å². The Morgan fingerprint density at radius 2 is 2.14 bits per heavy atom. The fourth-order valence-electron chi connectivity index (χ4n) is 1.02. The lowest BCUT2D eigenvalue weighted by molar-refractivity contribution is 0.447. The number of nitrogens with two attached hydrogens (primary N) is 1. The summed E-state index contributed by atoms with van der Waals surface area (Å²) in [5.74, 6) is 2.91. The van der Waals surface area contributed by atoms with E-state index < -0.39 is 0 Å². The molecule has 0 saturated carbocycles. The van der Waals surface area contributed by atoms with E-state index in [0.717, 1.165) is 30.9 Å². The summed E-state index contributed by atoms with van der Waals surface area (Å²) in [6, 6.07) is 2.32. The van der Waals surface area contributed by atoms with E-state index in [9.17, 15) is 0 Å². The molecule has 0 aromatic heterocycles. The average Bonchev–Trinajstić information content (AvgIpc) is 2.17. The van der Waals surface area contributed by atoms with E-state index in [1.165, 1.54) is 0 Å². The lowest BCUT2D eigenvalue weighted by Gasteiger charge is -2.14. The minimum absolute atomic E-state index is 0.153. The van der Waals surface area contributed by atoms with Gasteiger partial charge in [-0.1, -0.05) is 6.92 Å². The summed E-state index contributed by atoms with van der Waals surface area (Å²) >= 11 is 1.95. The molecule has 14 heavy (non-hydrogen) atoms. The molecule has 2 nitrogen and oxygen atoms in total. The van der Waals surface area contributed by atoms with Crippen LogP contribution in [0.4, 0.5) is 0 Å². The normalized spacial score (nSPS) is 13.6. The molecule has 0 aliphatic carbocycles. The maximum Gasteiger partial charge on any atom is 0.0683 e. The Morgan fingerprint density at radius 1 is 1.50 bits per heavy atom. The molecule has 0 aromatic carbocycles. The molecule has 0 aromatic rings. The highest BCUT2D eigenvalue weighted by Gasteiger charge is 2.15. The van der Waals surface area contributed by atoms with E-state index >= 15 is 0 Å². The Labute approximate surface area is 92.2 Å². The molecule has 82 valence electrons. The third-order valence-electron chi connectivity index (χ3n) is 2.20. The molecule has 0 amide bonds. The zero-order valence-electron chi connectivity index (χ0n) is 9.55. The maximum absolute atomic E-state index is 8.80. The van der Waals surface area contributed by atoms with Gasteiger partial charge in [0, 0.05) is 0 Å². The monoisotopic (exact) mass is 214 g/mol. The predicted molar refractivity (Wildman–Crippen MR) is 64.2 cm³/mol. The minimum atomic E-state index is -0.153. The third kappa shape index (κ3) is 7.23. The third-order valence-corrected chi connectivity index (χ3v) is 3.58. The summed E-state index contributed by atoms with van der Waals surface area (Å²) in [4.78, 5) is 0. The maximum atomic E-state index is 8.80. The lowest BCUT2D eigenvalue weighted by Crippen LogP contribution is -2.13. The number of thioether (sulfide) groups is 1. The number of nitrogens with zero attached hydrogens (tertiary/aromatic N) is 1. The second-order valence-corrected chi connectivity index (χ2v) is 5.66. The molecule has 2 N–H and O–H groups in total. The van der Waals surface area contributed by atoms with Crippen LogP contribution >= 0.6 is 11.8 Å². The number of hydrogen-bond donors (Lipinski definition) is 1. The van der Waals surface area contributed by atoms with Gasteiger partial charge in [-0.15, -0.1) is 0 Å². The number of nitriles is 1. The topological polar surface area (TPSA) is 49.8 Å². The van der Waals surface area contributed by atoms with Crippen molar-refractivity contribution in [3.63, 3.8) is 0 Å². The quantitative estimate of drug-likeness (QED) is 0.663. The first kappa shape index (κ1) is 13.8. The fraction of sp³-hybridized carbons (Fsp3) is 0.909. The molecule has 0 bridgehead atoms. The van der Waals surface area contributed by atoms with Crippen molar-refractivity contribution in [2.45, 2.75) is 33.6 Å². The Hall–Kier alpha value is -0.200. The van der Waals surface area contributed by atoms with Crippen molar-refractivity contribution in [2.75, 3.05) is 18.1 Å². The van der Waals surface area contributed by atoms with E-state index in [4.69, 9.17) is 11.0 Å². The number of hydrogen-bond acceptors (Lipinski definition) is 3. The van der Waals surface area contributed by atoms with Crippen molar-refractivity contribution in [3.8, 4) is 6.07 Å². The first-order chi connectivity index (χ1) is 6.52. The van der Waals surface area contributed by atoms with Gasteiger partial charge >= 0.3 is 0 Å². The molecule has 0 spiro atoms. The van der Waals surface area contributed by atoms with Gasteiger partial charge < -0.3 is 5.73 Å². The summed E-state index contributed by atoms with van der Waals surface area (Å²) in [7, 11) is 0. The van der Waals surface area contributed by atoms with Crippen LogP contribution in [0, 0.1) is 22.7 Å². The van der Waals surface area contributed by atoms with Gasteiger partial charge in [0.1, 0.15) is 0 Å². The Morgan fingerprint density at radius 3 is 2.64 bits per heavy atom. The average molecular weight is 214 g/mol. The molecule has 1 unspecified atom stereocenters. The van der Waals surface area contributed by atoms with E-state index in [1.54, 1.807) is 0 Å². The van der Waals surface area contributed by atoms with Crippen LogP contribution in [0.15, 0.2) is 0 Å². The molecule has 0 fully saturated rings. The van der Waals surface area contributed by atoms with Gasteiger partial charge in [0.05, 0.1) is 11.5 Å². The zero-order valence-corrected chi connectivity index (χ0v) is 10.4. The van der Waals surface area contributed by atoms with Crippen LogP contribution in [-0.4, -0.2) is 18.1 Å². The fourth-order valence-corrected chi connectivity index (χ4v) is 2.08. The predicted octanol–water partition coefficient (Wildman–Crippen LogP) is 2.64. The highest BCUT2D eigenvalue weighted by Crippen LogP contribution is 2.22. The highest BCUT2D eigenvalue weighted by molar-refractivity contribution is 7.99. The first-order valence-corrected chi connectivity index (χ1v) is 6.36. The van der Waals surface area contributed by atoms with Gasteiger partial charge in [0.15, 0.2) is 0 Å². The van der Waals surface area contributed by atoms with Gasteiger partial charge in [-0.25, -0.2) is 0 Å². The lowest BCUT2D eigenvalue weighted by atomic mass is 9.90. The zero-order chi connectivity index (χ0) is 11.0. The van der Waals surface area contributed by atoms with Crippen LogP contribution in [0.3, 0.4) is 0 Å². The van der Waals surface area contributed by atoms with Crippen LogP contribution in [0.25, 0.3) is 0 Å². The Kier molecular flexibility index (Phi) is 7.04. The summed E-state index contributed by atoms with van der Waals surface area (Å²) < 4.78 is 0. The van der Waals surface area contributed by atoms with Crippen molar-refractivity contribution in [2.24, 2.45) is 17.1 Å². The molecule has 0 heterocycles. The van der Waals surface area contributed by atoms with E-state index in [0.29, 0.717) is 5.92 Å². The van der Waals surface area contributed by atoms with Crippen LogP contribution in [0.2, 0.25) is 0 Å². The first-order valence-electron chi connectivity index (χ1n) is 5.21. The Bertz CT molecular complexity index is 184. The second kappa shape index (κ2) is 7.14. The van der Waals surface area contributed by atoms with Crippen molar-refractivity contribution >= 4 is 11.8 Å². The second-order valence-electron chi connectivity index (χ2n) is 4.52. The van der Waals surface area contributed by atoms with Gasteiger partial charge in [0.25, 0.3) is 0 Å². The molecule has 1 atom stereocenters. The minimum Gasteiger partial charge on any atom is -0.330 e. The largest absolute Gasteiger partial charge is 0.330 e. The SMILES string of the molecule is CC(CN)CSCCCC(C)(C)C#N. The van der Waals surface area contributed by atoms with Gasteiger partial charge in [0.2, 0.25) is 0 Å². The molecular formula is C11H22N2S. The van der Waals surface area contributed by atoms with Gasteiger partial charge in [-0.05, 0) is 50.7 Å². The molecular weight excluding hydrogens is 192 g/mol. The Balaban J connectivity index is 3.35. The van der Waals surface area contributed by atoms with Crippen LogP contribution in [-0.2, 0) is 0 Å². The van der Waals surface area contributed by atoms with E-state index in [2.05, 4.69) is 13.0 Å². The summed E-state index contributed by atoms with van der Waals surface area (Å²) in [5.41, 5.74) is 5.37. The van der Waals surface area contributed by atoms with Crippen LogP contribution in [0.1, 0.15) is 33.6 Å². The summed E-state index contributed by atoms with van der Waals surface area (Å²) in [6.45, 7) is 6.95. The summed E-state index contributed by atoms with van der Waals surface area (Å²) in [5, 5.41) is 8.80. The van der Waals surface area contributed by atoms with E-state index in [-0.39, 0.29) is 5.41 Å². The molecule has 0 aliphatic heterocycles. The van der Waals surface area contributed by atoms with Crippen molar-refractivity contribution in [1.82, 2.24) is 0 Å². The molecule has 0 rings (SSSR count). The molecule has 0 radical (unpaired) electrons. The van der Waals surface area contributed by atoms with Gasteiger partial charge in [-0.2, -0.15) is 17.0 Å². The van der Waals surface area contributed by atoms with Crippen LogP contribution in [0.5, 0.6) is 0 Å². The standard InChI is InChI=1S/C11H22N2S/c1-10(7-12)8-14-6-4-5-11(2,3)9-13/h10H,4-8,12H2,1-3H3. The number of rotatable bonds is 7. The van der Waals surface area contributed by atoms with Crippen molar-refractivity contribution < 1.29 is 0 Å². The highest BCUT2D eigenvalue weighted by atomic mass is 32.2. The summed E-state index contributed by atoms with van der Waals surface area (Å²) in [6.07, 6.45) is 2.12. The molecule has 0 saturated heterocycles. The van der Waals surface area contributed by atoms with Crippen molar-refractivity contribution in [3.05, 3.63) is 0 Å². The van der Waals surface area contributed by atoms with Gasteiger partial charge in [-0.3, -0.25) is 0 Å². The van der Waals surface area contributed by atoms with E-state index in [1.807, 2.05) is 25.6 Å².